The summed E-state index contributed by atoms with van der Waals surface area (Å²) in [5.74, 6) is 5.16. The van der Waals surface area contributed by atoms with Crippen LogP contribution in [0.4, 0.5) is 0 Å². The summed E-state index contributed by atoms with van der Waals surface area (Å²) in [6, 6.07) is 4.95. The van der Waals surface area contributed by atoms with E-state index in [1.54, 1.807) is 32.9 Å². The maximum atomic E-state index is 12.3. The molecule has 5 heteroatoms. The minimum atomic E-state index is -3.63. The molecule has 0 radical (unpaired) electrons. The van der Waals surface area contributed by atoms with Gasteiger partial charge in [0.25, 0.3) is 0 Å². The molecule has 0 spiro atoms. The molecule has 1 rings (SSSR count). The van der Waals surface area contributed by atoms with Gasteiger partial charge in [0.05, 0.1) is 4.90 Å². The van der Waals surface area contributed by atoms with Crippen molar-refractivity contribution < 1.29 is 13.5 Å². The maximum Gasteiger partial charge on any atom is 0.242 e. The van der Waals surface area contributed by atoms with Crippen molar-refractivity contribution in [2.75, 3.05) is 6.61 Å². The van der Waals surface area contributed by atoms with Gasteiger partial charge in [0.15, 0.2) is 0 Å². The Morgan fingerprint density at radius 2 is 1.95 bits per heavy atom. The van der Waals surface area contributed by atoms with Crippen LogP contribution < -0.4 is 4.72 Å². The van der Waals surface area contributed by atoms with E-state index >= 15 is 0 Å². The number of aryl methyl sites for hydroxylation is 1. The number of sulfonamides is 1. The summed E-state index contributed by atoms with van der Waals surface area (Å²) in [7, 11) is -3.63. The molecule has 0 saturated carbocycles. The highest BCUT2D eigenvalue weighted by atomic mass is 32.2. The Hall–Kier alpha value is -1.35. The van der Waals surface area contributed by atoms with E-state index in [2.05, 4.69) is 16.6 Å². The molecule has 19 heavy (non-hydrogen) atoms. The van der Waals surface area contributed by atoms with Gasteiger partial charge in [-0.3, -0.25) is 0 Å². The topological polar surface area (TPSA) is 66.4 Å². The number of hydrogen-bond acceptors (Lipinski definition) is 3. The molecule has 0 bridgehead atoms. The third kappa shape index (κ3) is 4.67. The first-order chi connectivity index (χ1) is 8.65. The van der Waals surface area contributed by atoms with Gasteiger partial charge < -0.3 is 5.11 Å². The van der Waals surface area contributed by atoms with E-state index in [0.717, 1.165) is 5.56 Å². The zero-order chi connectivity index (χ0) is 14.7. The summed E-state index contributed by atoms with van der Waals surface area (Å²) in [5.41, 5.74) is 0.744. The van der Waals surface area contributed by atoms with Crippen LogP contribution in [0, 0.1) is 18.8 Å². The second-order valence-corrected chi connectivity index (χ2v) is 6.97. The van der Waals surface area contributed by atoms with E-state index in [-0.39, 0.29) is 11.5 Å². The van der Waals surface area contributed by atoms with Crippen LogP contribution in [0.15, 0.2) is 23.1 Å². The van der Waals surface area contributed by atoms with Gasteiger partial charge in [0.1, 0.15) is 6.61 Å². The summed E-state index contributed by atoms with van der Waals surface area (Å²) in [5, 5.41) is 8.74. The Kier molecular flexibility index (Phi) is 4.75. The van der Waals surface area contributed by atoms with Gasteiger partial charge in [-0.2, -0.15) is 0 Å². The summed E-state index contributed by atoms with van der Waals surface area (Å²) in [6.45, 7) is 6.88. The van der Waals surface area contributed by atoms with E-state index in [1.165, 1.54) is 6.07 Å². The van der Waals surface area contributed by atoms with Crippen molar-refractivity contribution in [3.63, 3.8) is 0 Å². The molecule has 1 aromatic rings. The molecule has 0 unspecified atom stereocenters. The van der Waals surface area contributed by atoms with Crippen LogP contribution in [0.25, 0.3) is 0 Å². The fourth-order valence-corrected chi connectivity index (χ4v) is 3.13. The fourth-order valence-electron chi connectivity index (χ4n) is 1.57. The lowest BCUT2D eigenvalue weighted by molar-refractivity contribution is 0.350. The molecular weight excluding hydrogens is 262 g/mol. The number of hydrogen-bond donors (Lipinski definition) is 2. The molecule has 104 valence electrons. The van der Waals surface area contributed by atoms with Crippen molar-refractivity contribution in [2.45, 2.75) is 38.1 Å². The Morgan fingerprint density at radius 3 is 2.47 bits per heavy atom. The molecule has 4 nitrogen and oxygen atoms in total. The minimum Gasteiger partial charge on any atom is -0.384 e. The van der Waals surface area contributed by atoms with Crippen molar-refractivity contribution in [3.05, 3.63) is 29.3 Å². The van der Waals surface area contributed by atoms with Crippen LogP contribution in [0.5, 0.6) is 0 Å². The van der Waals surface area contributed by atoms with Crippen molar-refractivity contribution >= 4 is 10.0 Å². The van der Waals surface area contributed by atoms with Gasteiger partial charge in [-0.25, -0.2) is 13.1 Å². The molecule has 0 heterocycles. The van der Waals surface area contributed by atoms with E-state index in [1.807, 2.05) is 6.92 Å². The molecule has 0 amide bonds. The average Bonchev–Trinajstić information content (AvgIpc) is 2.22. The Labute approximate surface area is 114 Å². The zero-order valence-electron chi connectivity index (χ0n) is 11.6. The smallest absolute Gasteiger partial charge is 0.242 e. The summed E-state index contributed by atoms with van der Waals surface area (Å²) in [4.78, 5) is 0.133. The molecular formula is C14H19NO3S. The molecule has 2 N–H and O–H groups in total. The first-order valence-corrected chi connectivity index (χ1v) is 7.38. The molecule has 0 fully saturated rings. The Morgan fingerprint density at radius 1 is 1.32 bits per heavy atom. The van der Waals surface area contributed by atoms with Gasteiger partial charge in [0, 0.05) is 11.1 Å². The van der Waals surface area contributed by atoms with E-state index in [9.17, 15) is 8.42 Å². The van der Waals surface area contributed by atoms with Gasteiger partial charge in [-0.05, 0) is 45.4 Å². The lowest BCUT2D eigenvalue weighted by Gasteiger charge is -2.21. The molecule has 0 aliphatic rings. The van der Waals surface area contributed by atoms with Gasteiger partial charge in [-0.15, -0.1) is 0 Å². The first kappa shape index (κ1) is 15.7. The number of aliphatic hydroxyl groups excluding tert-OH is 1. The van der Waals surface area contributed by atoms with Crippen molar-refractivity contribution in [1.29, 1.82) is 0 Å². The second-order valence-electron chi connectivity index (χ2n) is 5.32. The summed E-state index contributed by atoms with van der Waals surface area (Å²) < 4.78 is 27.2. The molecule has 1 aromatic carbocycles. The van der Waals surface area contributed by atoms with Crippen LogP contribution in [-0.2, 0) is 10.0 Å². The predicted octanol–water partition coefficient (Wildman–Crippen LogP) is 1.42. The van der Waals surface area contributed by atoms with Crippen LogP contribution in [-0.4, -0.2) is 25.7 Å². The molecule has 0 atom stereocenters. The minimum absolute atomic E-state index is 0.133. The van der Waals surface area contributed by atoms with Crippen molar-refractivity contribution in [3.8, 4) is 11.8 Å². The van der Waals surface area contributed by atoms with Gasteiger partial charge in [-0.1, -0.05) is 17.9 Å². The third-order valence-corrected chi connectivity index (χ3v) is 3.98. The standard InChI is InChI=1S/C14H19NO3S/c1-11-7-8-13(12(10-11)6-5-9-16)19(17,18)15-14(2,3)4/h7-8,10,15-16H,9H2,1-4H3. The number of benzene rings is 1. The molecule has 0 aliphatic heterocycles. The highest BCUT2D eigenvalue weighted by Gasteiger charge is 2.24. The lowest BCUT2D eigenvalue weighted by atomic mass is 10.1. The first-order valence-electron chi connectivity index (χ1n) is 5.90. The van der Waals surface area contributed by atoms with E-state index in [4.69, 9.17) is 5.11 Å². The lowest BCUT2D eigenvalue weighted by Crippen LogP contribution is -2.40. The van der Waals surface area contributed by atoms with Crippen LogP contribution in [0.1, 0.15) is 31.9 Å². The highest BCUT2D eigenvalue weighted by molar-refractivity contribution is 7.89. The summed E-state index contributed by atoms with van der Waals surface area (Å²) >= 11 is 0. The van der Waals surface area contributed by atoms with Crippen molar-refractivity contribution in [1.82, 2.24) is 4.72 Å². The van der Waals surface area contributed by atoms with E-state index in [0.29, 0.717) is 5.56 Å². The average molecular weight is 281 g/mol. The monoisotopic (exact) mass is 281 g/mol. The summed E-state index contributed by atoms with van der Waals surface area (Å²) in [6.07, 6.45) is 0. The maximum absolute atomic E-state index is 12.3. The Bertz CT molecular complexity index is 616. The van der Waals surface area contributed by atoms with Gasteiger partial charge >= 0.3 is 0 Å². The molecule has 0 aromatic heterocycles. The number of nitrogens with one attached hydrogen (secondary N) is 1. The van der Waals surface area contributed by atoms with Crippen LogP contribution in [0.2, 0.25) is 0 Å². The quantitative estimate of drug-likeness (QED) is 0.806. The second kappa shape index (κ2) is 5.74. The van der Waals surface area contributed by atoms with Crippen molar-refractivity contribution in [2.24, 2.45) is 0 Å². The number of aliphatic hydroxyl groups is 1. The van der Waals surface area contributed by atoms with Crippen LogP contribution in [0.3, 0.4) is 0 Å². The largest absolute Gasteiger partial charge is 0.384 e. The zero-order valence-corrected chi connectivity index (χ0v) is 12.4. The predicted molar refractivity (Wildman–Crippen MR) is 75.2 cm³/mol. The van der Waals surface area contributed by atoms with Gasteiger partial charge in [0.2, 0.25) is 10.0 Å². The molecule has 0 aliphatic carbocycles. The SMILES string of the molecule is Cc1ccc(S(=O)(=O)NC(C)(C)C)c(C#CCO)c1. The Balaban J connectivity index is 3.34. The third-order valence-electron chi connectivity index (χ3n) is 2.17. The van der Waals surface area contributed by atoms with E-state index < -0.39 is 15.6 Å². The molecule has 0 saturated heterocycles. The number of rotatable bonds is 2. The normalized spacial score (nSPS) is 11.8. The highest BCUT2D eigenvalue weighted by Crippen LogP contribution is 2.18. The van der Waals surface area contributed by atoms with Crippen LogP contribution >= 0.6 is 0 Å². The fraction of sp³-hybridized carbons (Fsp3) is 0.429.